The highest BCUT2D eigenvalue weighted by atomic mass is 32.2. The van der Waals surface area contributed by atoms with E-state index in [0.29, 0.717) is 5.56 Å². The molecule has 10 heteroatoms. The van der Waals surface area contributed by atoms with Gasteiger partial charge in [-0.15, -0.1) is 0 Å². The van der Waals surface area contributed by atoms with Crippen LogP contribution in [0.4, 0.5) is 10.1 Å². The van der Waals surface area contributed by atoms with Crippen LogP contribution in [0.2, 0.25) is 0 Å². The molecule has 0 spiro atoms. The summed E-state index contributed by atoms with van der Waals surface area (Å²) < 4.78 is 13.5. The smallest absolute Gasteiger partial charge is 0.337 e. The van der Waals surface area contributed by atoms with E-state index in [1.165, 1.54) is 36.4 Å². The van der Waals surface area contributed by atoms with Crippen molar-refractivity contribution in [2.24, 2.45) is 0 Å². The molecular weight excluding hydrogens is 419 g/mol. The molecule has 1 aliphatic rings. The maximum absolute atomic E-state index is 13.3. The number of thioether (sulfide) groups is 1. The number of carboxylic acid groups (broad SMARTS) is 1. The molecule has 0 bridgehead atoms. The lowest BCUT2D eigenvalue weighted by Gasteiger charge is -2.15. The number of aromatic carboxylic acids is 1. The number of thiocarbonyl (C=S) groups is 1. The Morgan fingerprint density at radius 1 is 1.24 bits per heavy atom. The van der Waals surface area contributed by atoms with Gasteiger partial charge < -0.3 is 15.5 Å². The van der Waals surface area contributed by atoms with Crippen molar-refractivity contribution in [3.8, 4) is 5.75 Å². The van der Waals surface area contributed by atoms with Crippen molar-refractivity contribution in [1.82, 2.24) is 4.90 Å². The number of nitrogens with one attached hydrogen (secondary N) is 1. The van der Waals surface area contributed by atoms with Gasteiger partial charge in [0.1, 0.15) is 22.4 Å². The first-order chi connectivity index (χ1) is 13.7. The van der Waals surface area contributed by atoms with Crippen LogP contribution in [0.15, 0.2) is 47.4 Å². The number of hydrogen-bond acceptors (Lipinski definition) is 6. The quantitative estimate of drug-likeness (QED) is 0.379. The van der Waals surface area contributed by atoms with E-state index in [1.807, 2.05) is 0 Å². The van der Waals surface area contributed by atoms with Crippen LogP contribution in [0.25, 0.3) is 6.08 Å². The Labute approximate surface area is 173 Å². The van der Waals surface area contributed by atoms with Crippen molar-refractivity contribution < 1.29 is 29.0 Å². The molecule has 0 unspecified atom stereocenters. The lowest BCUT2D eigenvalue weighted by atomic mass is 10.1. The van der Waals surface area contributed by atoms with Gasteiger partial charge in [-0.25, -0.2) is 9.18 Å². The number of phenolic OH excluding ortho intramolecular Hbond substituents is 1. The summed E-state index contributed by atoms with van der Waals surface area (Å²) in [4.78, 5) is 37.5. The number of nitrogens with zero attached hydrogens (tertiary/aromatic N) is 1. The van der Waals surface area contributed by atoms with E-state index in [-0.39, 0.29) is 26.2 Å². The number of phenols is 1. The first kappa shape index (κ1) is 20.5. The van der Waals surface area contributed by atoms with E-state index < -0.39 is 30.1 Å². The van der Waals surface area contributed by atoms with Crippen LogP contribution < -0.4 is 5.32 Å². The molecule has 3 N–H and O–H groups in total. The number of carbonyl (C=O) groups excluding carboxylic acids is 2. The Morgan fingerprint density at radius 3 is 2.69 bits per heavy atom. The van der Waals surface area contributed by atoms with Crippen molar-refractivity contribution >= 4 is 57.8 Å². The van der Waals surface area contributed by atoms with Crippen LogP contribution in [-0.2, 0) is 9.59 Å². The zero-order valence-electron chi connectivity index (χ0n) is 14.6. The molecule has 3 rings (SSSR count). The van der Waals surface area contributed by atoms with E-state index in [4.69, 9.17) is 12.2 Å². The van der Waals surface area contributed by atoms with Gasteiger partial charge in [-0.3, -0.25) is 14.5 Å². The number of aromatic hydroxyl groups is 1. The number of carbonyl (C=O) groups is 3. The molecule has 2 amide bonds. The normalized spacial score (nSPS) is 15.1. The van der Waals surface area contributed by atoms with E-state index in [1.54, 1.807) is 6.07 Å². The van der Waals surface area contributed by atoms with Gasteiger partial charge in [0.05, 0.1) is 16.2 Å². The topological polar surface area (TPSA) is 107 Å². The molecule has 0 radical (unpaired) electrons. The number of benzene rings is 2. The van der Waals surface area contributed by atoms with Crippen molar-refractivity contribution in [1.29, 1.82) is 0 Å². The van der Waals surface area contributed by atoms with E-state index in [9.17, 15) is 29.0 Å². The van der Waals surface area contributed by atoms with Gasteiger partial charge in [0, 0.05) is 0 Å². The van der Waals surface area contributed by atoms with Gasteiger partial charge in [-0.1, -0.05) is 36.1 Å². The molecule has 1 aliphatic heterocycles. The predicted molar refractivity (Wildman–Crippen MR) is 110 cm³/mol. The van der Waals surface area contributed by atoms with Crippen LogP contribution >= 0.6 is 24.0 Å². The third-order valence-electron chi connectivity index (χ3n) is 3.83. The predicted octanol–water partition coefficient (Wildman–Crippen LogP) is 3.07. The highest BCUT2D eigenvalue weighted by Crippen LogP contribution is 2.32. The van der Waals surface area contributed by atoms with Crippen LogP contribution in [0.3, 0.4) is 0 Å². The zero-order chi connectivity index (χ0) is 21.1. The molecule has 1 fully saturated rings. The average molecular weight is 432 g/mol. The molecule has 0 atom stereocenters. The molecule has 2 aromatic carbocycles. The van der Waals surface area contributed by atoms with Crippen LogP contribution in [-0.4, -0.2) is 43.8 Å². The molecule has 7 nitrogen and oxygen atoms in total. The number of halogens is 1. The summed E-state index contributed by atoms with van der Waals surface area (Å²) in [5, 5.41) is 21.0. The minimum absolute atomic E-state index is 0.0268. The van der Waals surface area contributed by atoms with Crippen molar-refractivity contribution in [2.45, 2.75) is 0 Å². The van der Waals surface area contributed by atoms with Gasteiger partial charge in [0.15, 0.2) is 0 Å². The summed E-state index contributed by atoms with van der Waals surface area (Å²) in [7, 11) is 0. The molecule has 1 heterocycles. The summed E-state index contributed by atoms with van der Waals surface area (Å²) in [6, 6.07) is 9.14. The standard InChI is InChI=1S/C19H13FN2O5S2/c20-11-3-1-2-10(6-11)7-15-17(25)22(19(28)29-15)9-16(24)21-14-5-4-12(23)8-13(14)18(26)27/h1-8,23H,9H2,(H,21,24)(H,26,27)/b15-7-. The van der Waals surface area contributed by atoms with Crippen LogP contribution in [0.1, 0.15) is 15.9 Å². The molecule has 148 valence electrons. The Bertz CT molecular complexity index is 1070. The number of carboxylic acids is 1. The Kier molecular flexibility index (Phi) is 5.95. The fourth-order valence-electron chi connectivity index (χ4n) is 2.54. The first-order valence-corrected chi connectivity index (χ1v) is 9.34. The summed E-state index contributed by atoms with van der Waals surface area (Å²) in [6.45, 7) is -0.426. The monoisotopic (exact) mass is 432 g/mol. The first-order valence-electron chi connectivity index (χ1n) is 8.11. The molecule has 1 saturated heterocycles. The largest absolute Gasteiger partial charge is 0.508 e. The lowest BCUT2D eigenvalue weighted by molar-refractivity contribution is -0.126. The summed E-state index contributed by atoms with van der Waals surface area (Å²) in [6.07, 6.45) is 1.47. The van der Waals surface area contributed by atoms with Gasteiger partial charge in [0.2, 0.25) is 5.91 Å². The molecule has 0 aromatic heterocycles. The molecule has 2 aromatic rings. The molecule has 0 saturated carbocycles. The van der Waals surface area contributed by atoms with Gasteiger partial charge in [-0.05, 0) is 42.0 Å². The van der Waals surface area contributed by atoms with Crippen molar-refractivity contribution in [3.05, 3.63) is 64.3 Å². The Morgan fingerprint density at radius 2 is 2.00 bits per heavy atom. The third kappa shape index (κ3) is 4.79. The Balaban J connectivity index is 1.74. The second-order valence-corrected chi connectivity index (χ2v) is 7.58. The van der Waals surface area contributed by atoms with Crippen molar-refractivity contribution in [3.63, 3.8) is 0 Å². The number of rotatable bonds is 5. The number of anilines is 1. The second-order valence-electron chi connectivity index (χ2n) is 5.91. The number of amides is 2. The van der Waals surface area contributed by atoms with Crippen LogP contribution in [0.5, 0.6) is 5.75 Å². The minimum Gasteiger partial charge on any atom is -0.508 e. The zero-order valence-corrected chi connectivity index (χ0v) is 16.2. The van der Waals surface area contributed by atoms with Crippen molar-refractivity contribution in [2.75, 3.05) is 11.9 Å². The Hall–Kier alpha value is -3.24. The van der Waals surface area contributed by atoms with E-state index >= 15 is 0 Å². The molecule has 29 heavy (non-hydrogen) atoms. The fourth-order valence-corrected chi connectivity index (χ4v) is 3.79. The van der Waals surface area contributed by atoms with E-state index in [0.717, 1.165) is 22.7 Å². The number of hydrogen-bond donors (Lipinski definition) is 3. The SMILES string of the molecule is O=C(CN1C(=O)/C(=C/c2cccc(F)c2)SC1=S)Nc1ccc(O)cc1C(=O)O. The highest BCUT2D eigenvalue weighted by molar-refractivity contribution is 8.26. The maximum Gasteiger partial charge on any atom is 0.337 e. The summed E-state index contributed by atoms with van der Waals surface area (Å²) in [5.74, 6) is -3.22. The molecule has 0 aliphatic carbocycles. The lowest BCUT2D eigenvalue weighted by Crippen LogP contribution is -2.36. The van der Waals surface area contributed by atoms with Crippen LogP contribution in [0, 0.1) is 5.82 Å². The highest BCUT2D eigenvalue weighted by Gasteiger charge is 2.33. The minimum atomic E-state index is -1.33. The summed E-state index contributed by atoms with van der Waals surface area (Å²) >= 11 is 6.13. The average Bonchev–Trinajstić information content (AvgIpc) is 2.90. The molecular formula is C19H13FN2O5S2. The maximum atomic E-state index is 13.3. The summed E-state index contributed by atoms with van der Waals surface area (Å²) in [5.41, 5.74) is 0.154. The fraction of sp³-hybridized carbons (Fsp3) is 0.0526. The van der Waals surface area contributed by atoms with Gasteiger partial charge in [0.25, 0.3) is 5.91 Å². The van der Waals surface area contributed by atoms with E-state index in [2.05, 4.69) is 5.32 Å². The third-order valence-corrected chi connectivity index (χ3v) is 5.21. The second kappa shape index (κ2) is 8.41. The van der Waals surface area contributed by atoms with Gasteiger partial charge >= 0.3 is 5.97 Å². The van der Waals surface area contributed by atoms with Gasteiger partial charge in [-0.2, -0.15) is 0 Å².